The molecular formula is C21H26ClN7O. The number of carbonyl (C=O) groups excluding carboxylic acids is 1. The summed E-state index contributed by atoms with van der Waals surface area (Å²) in [5, 5.41) is 8.10. The van der Waals surface area contributed by atoms with Gasteiger partial charge in [0.25, 0.3) is 5.78 Å². The molecule has 0 radical (unpaired) electrons. The van der Waals surface area contributed by atoms with E-state index < -0.39 is 0 Å². The van der Waals surface area contributed by atoms with Gasteiger partial charge in [0.2, 0.25) is 11.9 Å². The van der Waals surface area contributed by atoms with Crippen LogP contribution in [0, 0.1) is 13.8 Å². The number of piperidine rings is 1. The molecule has 3 aromatic rings. The fourth-order valence-corrected chi connectivity index (χ4v) is 4.13. The lowest BCUT2D eigenvalue weighted by molar-refractivity contribution is -0.121. The maximum atomic E-state index is 12.7. The van der Waals surface area contributed by atoms with Crippen LogP contribution in [0.25, 0.3) is 5.78 Å². The number of nitrogen functional groups attached to an aromatic ring is 1. The fourth-order valence-electron chi connectivity index (χ4n) is 4.00. The summed E-state index contributed by atoms with van der Waals surface area (Å²) in [6.07, 6.45) is 2.15. The van der Waals surface area contributed by atoms with E-state index in [2.05, 4.69) is 37.4 Å². The van der Waals surface area contributed by atoms with Gasteiger partial charge < -0.3 is 11.1 Å². The van der Waals surface area contributed by atoms with E-state index in [0.29, 0.717) is 5.78 Å². The van der Waals surface area contributed by atoms with E-state index in [0.717, 1.165) is 54.4 Å². The lowest BCUT2D eigenvalue weighted by atomic mass is 10.0. The molecule has 8 nitrogen and oxygen atoms in total. The highest BCUT2D eigenvalue weighted by molar-refractivity contribution is 6.30. The van der Waals surface area contributed by atoms with Crippen molar-refractivity contribution in [1.82, 2.24) is 29.8 Å². The number of likely N-dealkylation sites (tertiary alicyclic amines) is 1. The molecule has 1 aliphatic rings. The van der Waals surface area contributed by atoms with Crippen molar-refractivity contribution in [2.24, 2.45) is 0 Å². The van der Waals surface area contributed by atoms with Crippen molar-refractivity contribution >= 4 is 29.2 Å². The lowest BCUT2D eigenvalue weighted by Gasteiger charge is -2.32. The number of nitrogens with two attached hydrogens (primary N) is 1. The van der Waals surface area contributed by atoms with Crippen LogP contribution in [0.3, 0.4) is 0 Å². The number of amides is 1. The molecule has 1 saturated heterocycles. The molecule has 3 N–H and O–H groups in total. The minimum absolute atomic E-state index is 0.00610. The molecule has 158 valence electrons. The second kappa shape index (κ2) is 8.57. The Bertz CT molecular complexity index is 1060. The maximum absolute atomic E-state index is 12.7. The number of hydrogen-bond donors (Lipinski definition) is 2. The van der Waals surface area contributed by atoms with Crippen LogP contribution in [0.5, 0.6) is 0 Å². The average Bonchev–Trinajstić information content (AvgIpc) is 3.09. The van der Waals surface area contributed by atoms with E-state index in [-0.39, 0.29) is 24.3 Å². The molecule has 1 amide bonds. The first-order valence-corrected chi connectivity index (χ1v) is 10.5. The third-order valence-electron chi connectivity index (χ3n) is 5.67. The molecule has 1 aromatic carbocycles. The number of nitrogens with zero attached hydrogens (tertiary/aromatic N) is 5. The van der Waals surface area contributed by atoms with Gasteiger partial charge in [-0.15, -0.1) is 5.10 Å². The SMILES string of the molecule is Cc1nc2nc(N)nn2c(C)c1CC(=O)NC1CCN(Cc2ccc(Cl)cc2)CC1. The Morgan fingerprint density at radius 2 is 1.90 bits per heavy atom. The topological polar surface area (TPSA) is 101 Å². The number of carbonyl (C=O) groups is 1. The molecule has 0 bridgehead atoms. The minimum Gasteiger partial charge on any atom is -0.366 e. The van der Waals surface area contributed by atoms with Crippen molar-refractivity contribution in [2.75, 3.05) is 18.8 Å². The van der Waals surface area contributed by atoms with E-state index in [1.54, 1.807) is 4.52 Å². The van der Waals surface area contributed by atoms with Crippen molar-refractivity contribution in [2.45, 2.75) is 45.7 Å². The summed E-state index contributed by atoms with van der Waals surface area (Å²) in [6, 6.07) is 8.17. The number of aromatic nitrogens is 4. The quantitative estimate of drug-likeness (QED) is 0.647. The predicted molar refractivity (Wildman–Crippen MR) is 116 cm³/mol. The summed E-state index contributed by atoms with van der Waals surface area (Å²) in [4.78, 5) is 23.6. The number of benzene rings is 1. The number of aryl methyl sites for hydroxylation is 2. The first-order chi connectivity index (χ1) is 14.4. The molecule has 3 heterocycles. The Morgan fingerprint density at radius 1 is 1.20 bits per heavy atom. The van der Waals surface area contributed by atoms with Gasteiger partial charge >= 0.3 is 0 Å². The predicted octanol–water partition coefficient (Wildman–Crippen LogP) is 2.30. The average molecular weight is 428 g/mol. The zero-order chi connectivity index (χ0) is 21.3. The number of rotatable bonds is 5. The monoisotopic (exact) mass is 427 g/mol. The molecule has 30 heavy (non-hydrogen) atoms. The molecule has 9 heteroatoms. The van der Waals surface area contributed by atoms with Crippen LogP contribution in [0.15, 0.2) is 24.3 Å². The van der Waals surface area contributed by atoms with Crippen LogP contribution in [0.2, 0.25) is 5.02 Å². The molecule has 0 saturated carbocycles. The molecule has 0 unspecified atom stereocenters. The van der Waals surface area contributed by atoms with Crippen LogP contribution in [-0.2, 0) is 17.8 Å². The lowest BCUT2D eigenvalue weighted by Crippen LogP contribution is -2.44. The van der Waals surface area contributed by atoms with Crippen LogP contribution in [0.4, 0.5) is 5.95 Å². The van der Waals surface area contributed by atoms with Gasteiger partial charge in [-0.1, -0.05) is 23.7 Å². The zero-order valence-corrected chi connectivity index (χ0v) is 18.0. The summed E-state index contributed by atoms with van der Waals surface area (Å²) < 4.78 is 1.60. The molecule has 0 aliphatic carbocycles. The van der Waals surface area contributed by atoms with E-state index in [9.17, 15) is 4.79 Å². The number of halogens is 1. The second-order valence-corrected chi connectivity index (χ2v) is 8.30. The Kier molecular flexibility index (Phi) is 5.87. The summed E-state index contributed by atoms with van der Waals surface area (Å²) in [5.41, 5.74) is 9.42. The van der Waals surface area contributed by atoms with Gasteiger partial charge in [0.05, 0.1) is 6.42 Å². The Balaban J connectivity index is 1.32. The first kappa shape index (κ1) is 20.6. The highest BCUT2D eigenvalue weighted by Crippen LogP contribution is 2.18. The van der Waals surface area contributed by atoms with Gasteiger partial charge in [-0.2, -0.15) is 9.50 Å². The summed E-state index contributed by atoms with van der Waals surface area (Å²) in [6.45, 7) is 6.61. The molecule has 1 fully saturated rings. The largest absolute Gasteiger partial charge is 0.366 e. The van der Waals surface area contributed by atoms with Crippen LogP contribution in [0.1, 0.15) is 35.4 Å². The molecule has 0 atom stereocenters. The molecular weight excluding hydrogens is 402 g/mol. The van der Waals surface area contributed by atoms with E-state index >= 15 is 0 Å². The maximum Gasteiger partial charge on any atom is 0.254 e. The van der Waals surface area contributed by atoms with Crippen LogP contribution < -0.4 is 11.1 Å². The highest BCUT2D eigenvalue weighted by Gasteiger charge is 2.22. The van der Waals surface area contributed by atoms with E-state index in [1.807, 2.05) is 26.0 Å². The molecule has 1 aliphatic heterocycles. The van der Waals surface area contributed by atoms with Crippen molar-refractivity contribution in [3.05, 3.63) is 51.8 Å². The third-order valence-corrected chi connectivity index (χ3v) is 5.93. The third kappa shape index (κ3) is 4.55. The molecule has 2 aromatic heterocycles. The minimum atomic E-state index is 0.00610. The van der Waals surface area contributed by atoms with Crippen LogP contribution in [-0.4, -0.2) is 49.5 Å². The van der Waals surface area contributed by atoms with Gasteiger partial charge in [-0.25, -0.2) is 4.98 Å². The summed E-state index contributed by atoms with van der Waals surface area (Å²) in [7, 11) is 0. The van der Waals surface area contributed by atoms with E-state index in [4.69, 9.17) is 17.3 Å². The normalized spacial score (nSPS) is 15.6. The number of nitrogens with one attached hydrogen (secondary N) is 1. The van der Waals surface area contributed by atoms with Crippen molar-refractivity contribution in [3.8, 4) is 0 Å². The molecule has 4 rings (SSSR count). The van der Waals surface area contributed by atoms with Crippen LogP contribution >= 0.6 is 11.6 Å². The van der Waals surface area contributed by atoms with Gasteiger partial charge in [-0.05, 0) is 44.4 Å². The Labute approximate surface area is 180 Å². The van der Waals surface area contributed by atoms with E-state index in [1.165, 1.54) is 5.56 Å². The number of anilines is 1. The smallest absolute Gasteiger partial charge is 0.254 e. The van der Waals surface area contributed by atoms with Gasteiger partial charge in [0, 0.05) is 47.7 Å². The fraction of sp³-hybridized carbons (Fsp3) is 0.429. The van der Waals surface area contributed by atoms with Crippen molar-refractivity contribution < 1.29 is 4.79 Å². The standard InChI is InChI=1S/C21H26ClN7O/c1-13-18(14(2)29-21(24-13)26-20(23)27-29)11-19(30)25-17-7-9-28(10-8-17)12-15-3-5-16(22)6-4-15/h3-6,17H,7-12H2,1-2H3,(H2,23,27)(H,25,30). The summed E-state index contributed by atoms with van der Waals surface area (Å²) in [5.74, 6) is 0.642. The van der Waals surface area contributed by atoms with Gasteiger partial charge in [0.15, 0.2) is 0 Å². The van der Waals surface area contributed by atoms with Crippen molar-refractivity contribution in [1.29, 1.82) is 0 Å². The Morgan fingerprint density at radius 3 is 2.60 bits per heavy atom. The second-order valence-electron chi connectivity index (χ2n) is 7.86. The number of hydrogen-bond acceptors (Lipinski definition) is 6. The van der Waals surface area contributed by atoms with Crippen molar-refractivity contribution in [3.63, 3.8) is 0 Å². The Hall–Kier alpha value is -2.71. The number of fused-ring (bicyclic) bond motifs is 1. The highest BCUT2D eigenvalue weighted by atomic mass is 35.5. The summed E-state index contributed by atoms with van der Waals surface area (Å²) >= 11 is 5.96. The van der Waals surface area contributed by atoms with Gasteiger partial charge in [-0.3, -0.25) is 9.69 Å². The van der Waals surface area contributed by atoms with Gasteiger partial charge in [0.1, 0.15) is 0 Å². The zero-order valence-electron chi connectivity index (χ0n) is 17.2. The molecule has 0 spiro atoms. The first-order valence-electron chi connectivity index (χ1n) is 10.1.